The van der Waals surface area contributed by atoms with Gasteiger partial charge in [-0.2, -0.15) is 0 Å². The molecular formula is C15H25NS. The van der Waals surface area contributed by atoms with Gasteiger partial charge in [-0.05, 0) is 64.0 Å². The Morgan fingerprint density at radius 1 is 1.29 bits per heavy atom. The predicted molar refractivity (Wildman–Crippen MR) is 76.8 cm³/mol. The SMILES string of the molecule is Cc1ccc(CC(C)NC2CCC(C)CC2)s1. The van der Waals surface area contributed by atoms with Crippen LogP contribution in [-0.2, 0) is 6.42 Å². The fraction of sp³-hybridized carbons (Fsp3) is 0.733. The molecular weight excluding hydrogens is 226 g/mol. The van der Waals surface area contributed by atoms with E-state index < -0.39 is 0 Å². The predicted octanol–water partition coefficient (Wildman–Crippen LogP) is 4.16. The molecule has 1 heterocycles. The Balaban J connectivity index is 1.75. The molecule has 1 atom stereocenters. The van der Waals surface area contributed by atoms with Crippen molar-refractivity contribution in [1.29, 1.82) is 0 Å². The molecule has 2 rings (SSSR count). The normalized spacial score (nSPS) is 27.0. The Morgan fingerprint density at radius 3 is 2.59 bits per heavy atom. The first-order valence-electron chi connectivity index (χ1n) is 6.95. The van der Waals surface area contributed by atoms with E-state index >= 15 is 0 Å². The van der Waals surface area contributed by atoms with Crippen LogP contribution in [0.2, 0.25) is 0 Å². The third-order valence-corrected chi connectivity index (χ3v) is 4.86. The number of aryl methyl sites for hydroxylation is 1. The smallest absolute Gasteiger partial charge is 0.00896 e. The van der Waals surface area contributed by atoms with Gasteiger partial charge < -0.3 is 5.32 Å². The van der Waals surface area contributed by atoms with Crippen LogP contribution >= 0.6 is 11.3 Å². The Labute approximate surface area is 110 Å². The van der Waals surface area contributed by atoms with E-state index in [0.29, 0.717) is 6.04 Å². The average molecular weight is 251 g/mol. The third-order valence-electron chi connectivity index (χ3n) is 3.84. The summed E-state index contributed by atoms with van der Waals surface area (Å²) in [6.07, 6.45) is 6.74. The molecule has 1 nitrogen and oxygen atoms in total. The number of thiophene rings is 1. The first-order chi connectivity index (χ1) is 8.13. The van der Waals surface area contributed by atoms with Crippen LogP contribution in [0.15, 0.2) is 12.1 Å². The number of hydrogen-bond donors (Lipinski definition) is 1. The van der Waals surface area contributed by atoms with Gasteiger partial charge in [0.05, 0.1) is 0 Å². The van der Waals surface area contributed by atoms with E-state index in [1.54, 1.807) is 0 Å². The fourth-order valence-corrected chi connectivity index (χ4v) is 3.80. The summed E-state index contributed by atoms with van der Waals surface area (Å²) < 4.78 is 0. The molecule has 1 saturated carbocycles. The molecule has 2 heteroatoms. The summed E-state index contributed by atoms with van der Waals surface area (Å²) in [5, 5.41) is 3.80. The van der Waals surface area contributed by atoms with Crippen LogP contribution in [0.25, 0.3) is 0 Å². The van der Waals surface area contributed by atoms with Crippen LogP contribution in [0.4, 0.5) is 0 Å². The van der Waals surface area contributed by atoms with Crippen molar-refractivity contribution in [1.82, 2.24) is 5.32 Å². The number of rotatable bonds is 4. The van der Waals surface area contributed by atoms with Crippen LogP contribution in [-0.4, -0.2) is 12.1 Å². The lowest BCUT2D eigenvalue weighted by atomic mass is 9.87. The highest BCUT2D eigenvalue weighted by atomic mass is 32.1. The van der Waals surface area contributed by atoms with Crippen LogP contribution in [0, 0.1) is 12.8 Å². The lowest BCUT2D eigenvalue weighted by Crippen LogP contribution is -2.39. The summed E-state index contributed by atoms with van der Waals surface area (Å²) in [6.45, 7) is 6.90. The van der Waals surface area contributed by atoms with Gasteiger partial charge in [-0.1, -0.05) is 6.92 Å². The second-order valence-corrected chi connectivity index (χ2v) is 7.11. The zero-order chi connectivity index (χ0) is 12.3. The lowest BCUT2D eigenvalue weighted by Gasteiger charge is -2.29. The maximum atomic E-state index is 3.80. The van der Waals surface area contributed by atoms with Gasteiger partial charge in [0.15, 0.2) is 0 Å². The molecule has 0 saturated heterocycles. The quantitative estimate of drug-likeness (QED) is 0.847. The molecule has 0 bridgehead atoms. The summed E-state index contributed by atoms with van der Waals surface area (Å²) in [4.78, 5) is 2.95. The molecule has 0 aromatic carbocycles. The van der Waals surface area contributed by atoms with E-state index in [4.69, 9.17) is 0 Å². The van der Waals surface area contributed by atoms with E-state index in [0.717, 1.165) is 12.0 Å². The number of hydrogen-bond acceptors (Lipinski definition) is 2. The van der Waals surface area contributed by atoms with Crippen LogP contribution in [0.5, 0.6) is 0 Å². The Kier molecular flexibility index (Phi) is 4.63. The van der Waals surface area contributed by atoms with Crippen molar-refractivity contribution >= 4 is 11.3 Å². The molecule has 0 amide bonds. The molecule has 0 aliphatic heterocycles. The van der Waals surface area contributed by atoms with Gasteiger partial charge in [-0.15, -0.1) is 11.3 Å². The Bertz CT molecular complexity index is 336. The molecule has 1 aliphatic carbocycles. The minimum absolute atomic E-state index is 0.617. The summed E-state index contributed by atoms with van der Waals surface area (Å²) in [5.74, 6) is 0.948. The van der Waals surface area contributed by atoms with Gasteiger partial charge in [-0.25, -0.2) is 0 Å². The molecule has 1 aromatic heterocycles. The number of nitrogens with one attached hydrogen (secondary N) is 1. The standard InChI is InChI=1S/C15H25NS/c1-11-4-7-14(8-5-11)16-12(2)10-15-9-6-13(3)17-15/h6,9,11-12,14,16H,4-5,7-8,10H2,1-3H3. The van der Waals surface area contributed by atoms with Crippen LogP contribution in [0.3, 0.4) is 0 Å². The minimum Gasteiger partial charge on any atom is -0.311 e. The maximum Gasteiger partial charge on any atom is 0.00896 e. The van der Waals surface area contributed by atoms with Crippen molar-refractivity contribution in [2.24, 2.45) is 5.92 Å². The first kappa shape index (κ1) is 13.1. The topological polar surface area (TPSA) is 12.0 Å². The molecule has 0 radical (unpaired) electrons. The van der Waals surface area contributed by atoms with Gasteiger partial charge >= 0.3 is 0 Å². The van der Waals surface area contributed by atoms with Crippen LogP contribution < -0.4 is 5.32 Å². The van der Waals surface area contributed by atoms with Gasteiger partial charge in [-0.3, -0.25) is 0 Å². The highest BCUT2D eigenvalue weighted by Crippen LogP contribution is 2.24. The largest absolute Gasteiger partial charge is 0.311 e. The molecule has 96 valence electrons. The highest BCUT2D eigenvalue weighted by molar-refractivity contribution is 7.11. The van der Waals surface area contributed by atoms with Gasteiger partial charge in [0, 0.05) is 21.8 Å². The van der Waals surface area contributed by atoms with Crippen molar-refractivity contribution in [3.63, 3.8) is 0 Å². The minimum atomic E-state index is 0.617. The molecule has 1 unspecified atom stereocenters. The summed E-state index contributed by atoms with van der Waals surface area (Å²) in [5.41, 5.74) is 0. The average Bonchev–Trinajstić information content (AvgIpc) is 2.67. The molecule has 1 aliphatic rings. The van der Waals surface area contributed by atoms with Crippen molar-refractivity contribution in [3.8, 4) is 0 Å². The third kappa shape index (κ3) is 4.11. The summed E-state index contributed by atoms with van der Waals surface area (Å²) >= 11 is 1.94. The van der Waals surface area contributed by atoms with E-state index in [9.17, 15) is 0 Å². The zero-order valence-corrected chi connectivity index (χ0v) is 12.1. The lowest BCUT2D eigenvalue weighted by molar-refractivity contribution is 0.290. The van der Waals surface area contributed by atoms with Gasteiger partial charge in [0.2, 0.25) is 0 Å². The van der Waals surface area contributed by atoms with Gasteiger partial charge in [0.25, 0.3) is 0 Å². The molecule has 17 heavy (non-hydrogen) atoms. The van der Waals surface area contributed by atoms with Gasteiger partial charge in [0.1, 0.15) is 0 Å². The van der Waals surface area contributed by atoms with Crippen molar-refractivity contribution in [2.75, 3.05) is 0 Å². The van der Waals surface area contributed by atoms with Crippen molar-refractivity contribution < 1.29 is 0 Å². The second-order valence-electron chi connectivity index (χ2n) is 5.74. The van der Waals surface area contributed by atoms with Crippen molar-refractivity contribution in [2.45, 2.75) is 65.0 Å². The van der Waals surface area contributed by atoms with Crippen LogP contribution in [0.1, 0.15) is 49.3 Å². The second kappa shape index (κ2) is 6.01. The monoisotopic (exact) mass is 251 g/mol. The fourth-order valence-electron chi connectivity index (χ4n) is 2.78. The molecule has 1 N–H and O–H groups in total. The Morgan fingerprint density at radius 2 is 2.00 bits per heavy atom. The molecule has 0 spiro atoms. The van der Waals surface area contributed by atoms with E-state index in [1.807, 2.05) is 11.3 Å². The first-order valence-corrected chi connectivity index (χ1v) is 7.76. The molecule has 1 fully saturated rings. The maximum absolute atomic E-state index is 3.80. The summed E-state index contributed by atoms with van der Waals surface area (Å²) in [6, 6.07) is 5.89. The molecule has 1 aromatic rings. The van der Waals surface area contributed by atoms with Crippen molar-refractivity contribution in [3.05, 3.63) is 21.9 Å². The van der Waals surface area contributed by atoms with E-state index in [-0.39, 0.29) is 0 Å². The highest BCUT2D eigenvalue weighted by Gasteiger charge is 2.19. The van der Waals surface area contributed by atoms with E-state index in [1.165, 1.54) is 41.9 Å². The van der Waals surface area contributed by atoms with E-state index in [2.05, 4.69) is 38.2 Å². The zero-order valence-electron chi connectivity index (χ0n) is 11.3. The Hall–Kier alpha value is -0.340. The summed E-state index contributed by atoms with van der Waals surface area (Å²) in [7, 11) is 0.